The minimum Gasteiger partial charge on any atom is -0.368 e. The van der Waals surface area contributed by atoms with Gasteiger partial charge in [0, 0.05) is 23.5 Å². The molecule has 0 saturated carbocycles. The van der Waals surface area contributed by atoms with Crippen LogP contribution in [0, 0.1) is 5.82 Å². The van der Waals surface area contributed by atoms with Gasteiger partial charge in [0.25, 0.3) is 0 Å². The number of hydrogen-bond acceptors (Lipinski definition) is 6. The van der Waals surface area contributed by atoms with Crippen molar-refractivity contribution in [1.82, 2.24) is 23.5 Å². The van der Waals surface area contributed by atoms with E-state index in [1.165, 1.54) is 6.07 Å². The molecule has 0 amide bonds. The van der Waals surface area contributed by atoms with Gasteiger partial charge in [-0.2, -0.15) is 0 Å². The molecule has 3 aromatic heterocycles. The normalized spacial score (nSPS) is 12.0. The minimum absolute atomic E-state index is 0.107. The van der Waals surface area contributed by atoms with E-state index in [1.54, 1.807) is 62.9 Å². The Hall–Kier alpha value is -4.05. The topological polar surface area (TPSA) is 109 Å². The number of anilines is 1. The highest BCUT2D eigenvalue weighted by atomic mass is 32.2. The second-order valence-electron chi connectivity index (χ2n) is 8.44. The molecule has 0 atom stereocenters. The van der Waals surface area contributed by atoms with Crippen LogP contribution < -0.4 is 5.73 Å². The number of nitrogens with two attached hydrogens (primary N) is 1. The quantitative estimate of drug-likeness (QED) is 0.380. The molecule has 0 unspecified atom stereocenters. The zero-order valence-electron chi connectivity index (χ0n) is 19.1. The van der Waals surface area contributed by atoms with E-state index in [0.29, 0.717) is 40.1 Å². The van der Waals surface area contributed by atoms with Crippen molar-refractivity contribution in [1.29, 1.82) is 0 Å². The van der Waals surface area contributed by atoms with E-state index in [2.05, 4.69) is 15.0 Å². The predicted octanol–water partition coefficient (Wildman–Crippen LogP) is 4.32. The number of fused-ring (bicyclic) bond motifs is 1. The lowest BCUT2D eigenvalue weighted by Crippen LogP contribution is -2.23. The van der Waals surface area contributed by atoms with E-state index in [9.17, 15) is 12.8 Å². The van der Waals surface area contributed by atoms with E-state index >= 15 is 0 Å². The lowest BCUT2D eigenvalue weighted by molar-refractivity contribution is 0.580. The summed E-state index contributed by atoms with van der Waals surface area (Å²) < 4.78 is 43.8. The molecule has 0 spiro atoms. The molecule has 0 saturated heterocycles. The summed E-state index contributed by atoms with van der Waals surface area (Å²) in [6.45, 7) is 3.61. The molecule has 2 N–H and O–H groups in total. The van der Waals surface area contributed by atoms with Gasteiger partial charge in [-0.05, 0) is 49.7 Å². The van der Waals surface area contributed by atoms with Crippen molar-refractivity contribution in [2.24, 2.45) is 0 Å². The van der Waals surface area contributed by atoms with Crippen LogP contribution in [-0.2, 0) is 16.6 Å². The molecule has 0 radical (unpaired) electrons. The molecule has 5 aromatic rings. The van der Waals surface area contributed by atoms with E-state index in [4.69, 9.17) is 5.73 Å². The SMILES string of the molecule is CC(C)S(=O)(=O)n1c(N)nc2ccc(-c3c(-c4ccccc4F)ncn3Cc3cccnc3)cc21. The Labute approximate surface area is 202 Å². The number of nitrogen functional groups attached to an aromatic ring is 1. The maximum Gasteiger partial charge on any atom is 0.244 e. The first kappa shape index (κ1) is 22.7. The third kappa shape index (κ3) is 3.95. The Kier molecular flexibility index (Phi) is 5.60. The molecule has 0 aliphatic rings. The molecular weight excluding hydrogens is 467 g/mol. The summed E-state index contributed by atoms with van der Waals surface area (Å²) in [6, 6.07) is 15.4. The van der Waals surface area contributed by atoms with Crippen LogP contribution in [0.1, 0.15) is 19.4 Å². The average Bonchev–Trinajstić information content (AvgIpc) is 3.39. The molecule has 8 nitrogen and oxygen atoms in total. The highest BCUT2D eigenvalue weighted by molar-refractivity contribution is 7.90. The lowest BCUT2D eigenvalue weighted by atomic mass is 10.0. The van der Waals surface area contributed by atoms with E-state index in [0.717, 1.165) is 9.54 Å². The molecule has 178 valence electrons. The summed E-state index contributed by atoms with van der Waals surface area (Å²) in [6.07, 6.45) is 5.09. The summed E-state index contributed by atoms with van der Waals surface area (Å²) in [7, 11) is -3.77. The summed E-state index contributed by atoms with van der Waals surface area (Å²) in [4.78, 5) is 13.0. The first-order valence-corrected chi connectivity index (χ1v) is 12.5. The van der Waals surface area contributed by atoms with Gasteiger partial charge < -0.3 is 10.3 Å². The van der Waals surface area contributed by atoms with Crippen LogP contribution in [0.4, 0.5) is 10.3 Å². The van der Waals surface area contributed by atoms with Gasteiger partial charge in [-0.3, -0.25) is 4.98 Å². The highest BCUT2D eigenvalue weighted by Gasteiger charge is 2.26. The van der Waals surface area contributed by atoms with Gasteiger partial charge in [-0.25, -0.2) is 26.7 Å². The standard InChI is InChI=1S/C25H23FN6O2S/c1-16(2)35(33,34)32-22-12-18(9-10-21(22)30-25(32)27)24-23(19-7-3-4-8-20(19)26)29-15-31(24)14-17-6-5-11-28-13-17/h3-13,15-16H,14H2,1-2H3,(H2,27,30). The zero-order valence-corrected chi connectivity index (χ0v) is 19.9. The summed E-state index contributed by atoms with van der Waals surface area (Å²) in [5.41, 5.74) is 9.82. The average molecular weight is 491 g/mol. The van der Waals surface area contributed by atoms with Gasteiger partial charge in [0.1, 0.15) is 5.82 Å². The van der Waals surface area contributed by atoms with Crippen LogP contribution in [-0.4, -0.2) is 37.2 Å². The Morgan fingerprint density at radius 1 is 1.09 bits per heavy atom. The van der Waals surface area contributed by atoms with Crippen molar-refractivity contribution < 1.29 is 12.8 Å². The maximum absolute atomic E-state index is 14.8. The van der Waals surface area contributed by atoms with Crippen LogP contribution in [0.3, 0.4) is 0 Å². The fraction of sp³-hybridized carbons (Fsp3) is 0.160. The van der Waals surface area contributed by atoms with Crippen molar-refractivity contribution in [3.05, 3.63) is 84.7 Å². The van der Waals surface area contributed by atoms with Crippen molar-refractivity contribution in [2.75, 3.05) is 5.73 Å². The van der Waals surface area contributed by atoms with Gasteiger partial charge >= 0.3 is 0 Å². The number of imidazole rings is 2. The molecule has 3 heterocycles. The Morgan fingerprint density at radius 2 is 1.89 bits per heavy atom. The second-order valence-corrected chi connectivity index (χ2v) is 10.8. The lowest BCUT2D eigenvalue weighted by Gasteiger charge is -2.13. The first-order chi connectivity index (χ1) is 16.8. The molecular formula is C25H23FN6O2S. The molecule has 0 bridgehead atoms. The van der Waals surface area contributed by atoms with Crippen molar-refractivity contribution in [2.45, 2.75) is 25.6 Å². The smallest absolute Gasteiger partial charge is 0.244 e. The predicted molar refractivity (Wildman–Crippen MR) is 134 cm³/mol. The van der Waals surface area contributed by atoms with E-state index < -0.39 is 21.1 Å². The number of benzene rings is 2. The largest absolute Gasteiger partial charge is 0.368 e. The fourth-order valence-electron chi connectivity index (χ4n) is 4.04. The summed E-state index contributed by atoms with van der Waals surface area (Å²) in [5, 5.41) is -0.698. The molecule has 2 aromatic carbocycles. The number of pyridine rings is 1. The zero-order chi connectivity index (χ0) is 24.7. The van der Waals surface area contributed by atoms with Crippen LogP contribution >= 0.6 is 0 Å². The Morgan fingerprint density at radius 3 is 2.60 bits per heavy atom. The summed E-state index contributed by atoms with van der Waals surface area (Å²) in [5.74, 6) is -0.512. The number of aromatic nitrogens is 5. The number of halogens is 1. The van der Waals surface area contributed by atoms with Gasteiger partial charge in [-0.15, -0.1) is 0 Å². The minimum atomic E-state index is -3.77. The van der Waals surface area contributed by atoms with Gasteiger partial charge in [0.15, 0.2) is 0 Å². The van der Waals surface area contributed by atoms with Crippen LogP contribution in [0.2, 0.25) is 0 Å². The van der Waals surface area contributed by atoms with Crippen molar-refractivity contribution in [3.63, 3.8) is 0 Å². The van der Waals surface area contributed by atoms with Crippen LogP contribution in [0.25, 0.3) is 33.5 Å². The Balaban J connectivity index is 1.76. The van der Waals surface area contributed by atoms with Crippen LogP contribution in [0.15, 0.2) is 73.3 Å². The number of hydrogen-bond donors (Lipinski definition) is 1. The van der Waals surface area contributed by atoms with E-state index in [1.807, 2.05) is 22.8 Å². The van der Waals surface area contributed by atoms with Crippen LogP contribution in [0.5, 0.6) is 0 Å². The molecule has 0 fully saturated rings. The number of rotatable bonds is 6. The maximum atomic E-state index is 14.8. The van der Waals surface area contributed by atoms with Gasteiger partial charge in [0.05, 0.1) is 40.5 Å². The van der Waals surface area contributed by atoms with Crippen molar-refractivity contribution >= 4 is 27.0 Å². The third-order valence-electron chi connectivity index (χ3n) is 5.80. The molecule has 35 heavy (non-hydrogen) atoms. The van der Waals surface area contributed by atoms with E-state index in [-0.39, 0.29) is 5.95 Å². The molecule has 0 aliphatic carbocycles. The molecule has 0 aliphatic heterocycles. The molecule has 5 rings (SSSR count). The highest BCUT2D eigenvalue weighted by Crippen LogP contribution is 2.35. The molecule has 10 heteroatoms. The first-order valence-electron chi connectivity index (χ1n) is 11.0. The van der Waals surface area contributed by atoms with Crippen molar-refractivity contribution in [3.8, 4) is 22.5 Å². The number of nitrogens with zero attached hydrogens (tertiary/aromatic N) is 5. The summed E-state index contributed by atoms with van der Waals surface area (Å²) >= 11 is 0. The van der Waals surface area contributed by atoms with Gasteiger partial charge in [-0.1, -0.05) is 24.3 Å². The second kappa shape index (κ2) is 8.62. The van der Waals surface area contributed by atoms with Gasteiger partial charge in [0.2, 0.25) is 16.0 Å². The fourth-order valence-corrected chi connectivity index (χ4v) is 5.19. The monoisotopic (exact) mass is 490 g/mol. The Bertz CT molecular complexity index is 1640. The third-order valence-corrected chi connectivity index (χ3v) is 7.89.